The largest absolute Gasteiger partial charge is 0.480 e. The molecule has 6 rings (SSSR count). The maximum absolute atomic E-state index is 12.1. The normalized spacial score (nSPS) is 14.8. The summed E-state index contributed by atoms with van der Waals surface area (Å²) < 4.78 is 6.89. The van der Waals surface area contributed by atoms with E-state index >= 15 is 0 Å². The first-order chi connectivity index (χ1) is 19.9. The van der Waals surface area contributed by atoms with Crippen molar-refractivity contribution in [2.24, 2.45) is 18.1 Å². The van der Waals surface area contributed by atoms with Gasteiger partial charge in [-0.15, -0.1) is 0 Å². The number of fused-ring (bicyclic) bond motifs is 1. The Hall–Kier alpha value is -4.93. The van der Waals surface area contributed by atoms with Gasteiger partial charge in [0.25, 0.3) is 5.91 Å². The average molecular weight is 571 g/mol. The number of nitrogens with zero attached hydrogens (tertiary/aromatic N) is 3. The van der Waals surface area contributed by atoms with Crippen LogP contribution in [-0.4, -0.2) is 55.7 Å². The van der Waals surface area contributed by atoms with E-state index < -0.39 is 23.7 Å². The van der Waals surface area contributed by atoms with Crippen molar-refractivity contribution in [3.63, 3.8) is 0 Å². The van der Waals surface area contributed by atoms with E-state index in [1.54, 1.807) is 37.9 Å². The lowest BCUT2D eigenvalue weighted by Gasteiger charge is -2.24. The van der Waals surface area contributed by atoms with E-state index in [4.69, 9.17) is 4.74 Å². The highest BCUT2D eigenvalue weighted by Gasteiger charge is 2.35. The summed E-state index contributed by atoms with van der Waals surface area (Å²) in [6, 6.07) is 10.9. The Morgan fingerprint density at radius 2 is 1.86 bits per heavy atom. The van der Waals surface area contributed by atoms with Gasteiger partial charge in [-0.05, 0) is 75.3 Å². The Bertz CT molecular complexity index is 1690. The van der Waals surface area contributed by atoms with Crippen molar-refractivity contribution in [3.05, 3.63) is 76.6 Å². The zero-order valence-electron chi connectivity index (χ0n) is 24.2. The Kier molecular flexibility index (Phi) is 7.59. The quantitative estimate of drug-likeness (QED) is 0.287. The lowest BCUT2D eigenvalue weighted by atomic mass is 9.97. The zero-order chi connectivity index (χ0) is 30.2. The molecule has 2 aromatic carbocycles. The summed E-state index contributed by atoms with van der Waals surface area (Å²) >= 11 is 0. The minimum atomic E-state index is -1.03. The molecule has 0 bridgehead atoms. The van der Waals surface area contributed by atoms with Crippen LogP contribution in [0.25, 0.3) is 22.2 Å². The van der Waals surface area contributed by atoms with Gasteiger partial charge < -0.3 is 20.1 Å². The van der Waals surface area contributed by atoms with Crippen LogP contribution in [-0.2, 0) is 29.4 Å². The number of rotatable bonds is 4. The fraction of sp³-hybridized carbons (Fsp3) is 0.323. The number of hydrazone groups is 1. The average Bonchev–Trinajstić information content (AvgIpc) is 3.59. The summed E-state index contributed by atoms with van der Waals surface area (Å²) in [5.41, 5.74) is 9.60. The van der Waals surface area contributed by atoms with Crippen molar-refractivity contribution in [1.82, 2.24) is 25.5 Å². The second-order valence-electron chi connectivity index (χ2n) is 11.6. The molecule has 2 aromatic heterocycles. The van der Waals surface area contributed by atoms with Gasteiger partial charge in [-0.1, -0.05) is 24.3 Å². The van der Waals surface area contributed by atoms with Crippen LogP contribution in [0, 0.1) is 12.8 Å². The van der Waals surface area contributed by atoms with Crippen LogP contribution in [0.1, 0.15) is 53.4 Å². The third kappa shape index (κ3) is 6.04. The molecule has 0 saturated carbocycles. The molecule has 4 aromatic rings. The van der Waals surface area contributed by atoms with Gasteiger partial charge in [-0.25, -0.2) is 15.0 Å². The number of carboxylic acids is 1. The van der Waals surface area contributed by atoms with Crippen LogP contribution < -0.4 is 10.7 Å². The number of aromatic amines is 1. The summed E-state index contributed by atoms with van der Waals surface area (Å²) in [6.45, 7) is 7.20. The molecule has 1 aliphatic carbocycles. The number of amides is 2. The number of hydrogen-bond donors (Lipinski definition) is 4. The summed E-state index contributed by atoms with van der Waals surface area (Å²) in [5.74, 6) is -1.36. The molecule has 3 heterocycles. The number of carbonyl (C=O) groups is 3. The minimum absolute atomic E-state index is 0.146. The Morgan fingerprint density at radius 1 is 1.17 bits per heavy atom. The van der Waals surface area contributed by atoms with Crippen molar-refractivity contribution >= 4 is 35.1 Å². The van der Waals surface area contributed by atoms with Crippen molar-refractivity contribution in [1.29, 1.82) is 0 Å². The van der Waals surface area contributed by atoms with Crippen LogP contribution in [0.4, 0.5) is 4.79 Å². The van der Waals surface area contributed by atoms with Crippen LogP contribution in [0.15, 0.2) is 53.9 Å². The van der Waals surface area contributed by atoms with Gasteiger partial charge in [0, 0.05) is 35.3 Å². The number of benzene rings is 2. The van der Waals surface area contributed by atoms with Crippen molar-refractivity contribution in [2.75, 3.05) is 0 Å². The Balaban J connectivity index is 0.000000168. The summed E-state index contributed by atoms with van der Waals surface area (Å²) in [7, 11) is 1.87. The minimum Gasteiger partial charge on any atom is -0.480 e. The van der Waals surface area contributed by atoms with Crippen molar-refractivity contribution in [2.45, 2.75) is 52.2 Å². The maximum Gasteiger partial charge on any atom is 0.408 e. The summed E-state index contributed by atoms with van der Waals surface area (Å²) in [4.78, 5) is 38.8. The van der Waals surface area contributed by atoms with Gasteiger partial charge in [0.15, 0.2) is 0 Å². The number of nitrogens with one attached hydrogen (secondary N) is 3. The maximum atomic E-state index is 12.1. The molecule has 11 nitrogen and oxygen atoms in total. The van der Waals surface area contributed by atoms with Gasteiger partial charge in [0.05, 0.1) is 23.7 Å². The lowest BCUT2D eigenvalue weighted by Crippen LogP contribution is -2.48. The van der Waals surface area contributed by atoms with Gasteiger partial charge >= 0.3 is 12.1 Å². The highest BCUT2D eigenvalue weighted by Crippen LogP contribution is 2.33. The monoisotopic (exact) mass is 570 g/mol. The SMILES string of the molecule is CC(C)(C)OC(=O)N[C@@H](C(=O)O)C1Cc2ccccc2C1.Cc1cc2c3c(c(-c4cnn(C)c4)[nH]c3c1)C=NNC2=O. The highest BCUT2D eigenvalue weighted by atomic mass is 16.6. The van der Waals surface area contributed by atoms with E-state index in [1.807, 2.05) is 56.6 Å². The molecule has 11 heteroatoms. The number of hydrogen-bond acceptors (Lipinski definition) is 6. The molecule has 0 unspecified atom stereocenters. The van der Waals surface area contributed by atoms with Gasteiger partial charge in [-0.2, -0.15) is 10.2 Å². The number of aromatic nitrogens is 3. The van der Waals surface area contributed by atoms with E-state index in [9.17, 15) is 19.5 Å². The fourth-order valence-electron chi connectivity index (χ4n) is 5.45. The van der Waals surface area contributed by atoms with Gasteiger partial charge in [0.2, 0.25) is 0 Å². The molecular formula is C31H34N6O5. The molecule has 2 aliphatic rings. The summed E-state index contributed by atoms with van der Waals surface area (Å²) in [5, 5.41) is 21.0. The second kappa shape index (κ2) is 11.2. The smallest absolute Gasteiger partial charge is 0.408 e. The predicted molar refractivity (Wildman–Crippen MR) is 158 cm³/mol. The molecular weight excluding hydrogens is 536 g/mol. The van der Waals surface area contributed by atoms with Crippen LogP contribution in [0.5, 0.6) is 0 Å². The second-order valence-corrected chi connectivity index (χ2v) is 11.6. The van der Waals surface area contributed by atoms with Gasteiger partial charge in [0.1, 0.15) is 11.6 Å². The van der Waals surface area contributed by atoms with E-state index in [0.29, 0.717) is 18.4 Å². The third-order valence-corrected chi connectivity index (χ3v) is 7.17. The number of ether oxygens (including phenoxy) is 1. The van der Waals surface area contributed by atoms with Gasteiger partial charge in [-0.3, -0.25) is 9.48 Å². The molecule has 42 heavy (non-hydrogen) atoms. The lowest BCUT2D eigenvalue weighted by molar-refractivity contribution is -0.140. The van der Waals surface area contributed by atoms with E-state index in [1.165, 1.54) is 0 Å². The molecule has 0 radical (unpaired) electrons. The van der Waals surface area contributed by atoms with Crippen molar-refractivity contribution in [3.8, 4) is 11.3 Å². The highest BCUT2D eigenvalue weighted by molar-refractivity contribution is 6.17. The van der Waals surface area contributed by atoms with E-state index in [0.717, 1.165) is 44.4 Å². The number of carbonyl (C=O) groups excluding carboxylic acids is 2. The molecule has 4 N–H and O–H groups in total. The van der Waals surface area contributed by atoms with E-state index in [2.05, 4.69) is 25.9 Å². The zero-order valence-corrected chi connectivity index (χ0v) is 24.2. The van der Waals surface area contributed by atoms with Crippen LogP contribution in [0.3, 0.4) is 0 Å². The molecule has 1 aliphatic heterocycles. The summed E-state index contributed by atoms with van der Waals surface area (Å²) in [6.07, 6.45) is 6.03. The number of H-pyrrole nitrogens is 1. The topological polar surface area (TPSA) is 151 Å². The Labute approximate surface area is 243 Å². The standard InChI is InChI=1S/C16H21NO4.C15H13N5O/c1-16(2,3)21-15(20)17-13(14(18)19)12-8-10-6-4-5-7-11(10)9-12;1-8-3-10-13-11(6-16-19-15(10)21)14(18-12(13)4-8)9-5-17-20(2)7-9/h4-7,12-13H,8-9H2,1-3H3,(H,17,20)(H,18,19);3-7,18H,1-2H3,(H,19,21)/t13-;/m1./s1. The number of alkyl carbamates (subject to hydrolysis) is 1. The van der Waals surface area contributed by atoms with Crippen LogP contribution in [0.2, 0.25) is 0 Å². The van der Waals surface area contributed by atoms with Crippen molar-refractivity contribution < 1.29 is 24.2 Å². The third-order valence-electron chi connectivity index (χ3n) is 7.17. The number of aliphatic carboxylic acids is 1. The molecule has 0 saturated heterocycles. The Morgan fingerprint density at radius 3 is 2.45 bits per heavy atom. The molecule has 218 valence electrons. The first kappa shape index (κ1) is 28.6. The predicted octanol–water partition coefficient (Wildman–Crippen LogP) is 4.33. The molecule has 1 atom stereocenters. The molecule has 2 amide bonds. The number of carboxylic acid groups (broad SMARTS) is 1. The first-order valence-electron chi connectivity index (χ1n) is 13.7. The molecule has 0 spiro atoms. The van der Waals surface area contributed by atoms with Crippen LogP contribution >= 0.6 is 0 Å². The fourth-order valence-corrected chi connectivity index (χ4v) is 5.45. The molecule has 0 fully saturated rings. The van der Waals surface area contributed by atoms with E-state index in [-0.39, 0.29) is 11.8 Å². The number of aryl methyl sites for hydroxylation is 2. The first-order valence-corrected chi connectivity index (χ1v) is 13.7.